The lowest BCUT2D eigenvalue weighted by Crippen LogP contribution is -2.32. The number of amides is 6. The Balaban J connectivity index is 0.885. The Morgan fingerprint density at radius 2 is 0.815 bits per heavy atom. The highest BCUT2D eigenvalue weighted by Gasteiger charge is 2.21. The van der Waals surface area contributed by atoms with Crippen molar-refractivity contribution in [2.45, 2.75) is 13.8 Å². The van der Waals surface area contributed by atoms with Gasteiger partial charge in [0.1, 0.15) is 24.6 Å². The number of rotatable bonds is 20. The largest absolute Gasteiger partial charge is 0.505 e. The van der Waals surface area contributed by atoms with E-state index < -0.39 is 47.3 Å². The second kappa shape index (κ2) is 26.2. The minimum atomic E-state index is -0.636. The molecule has 0 aliphatic heterocycles. The van der Waals surface area contributed by atoms with E-state index in [9.17, 15) is 39.0 Å². The molecule has 8 aromatic rings. The number of carbonyl (C=O) groups is 6. The molecule has 0 heterocycles. The molecule has 0 fully saturated rings. The van der Waals surface area contributed by atoms with Crippen LogP contribution >= 0.6 is 0 Å². The molecule has 6 amide bonds. The Kier molecular flexibility index (Phi) is 18.1. The van der Waals surface area contributed by atoms with Gasteiger partial charge in [0.25, 0.3) is 11.8 Å². The third-order valence-corrected chi connectivity index (χ3v) is 11.7. The minimum Gasteiger partial charge on any atom is -0.505 e. The van der Waals surface area contributed by atoms with Crippen molar-refractivity contribution in [2.75, 3.05) is 52.9 Å². The fraction of sp³-hybridized carbons (Fsp3) is 0.100. The summed E-state index contributed by atoms with van der Waals surface area (Å²) in [6, 6.07) is 43.1. The van der Waals surface area contributed by atoms with Crippen LogP contribution in [0.4, 0.5) is 66.5 Å². The third kappa shape index (κ3) is 15.0. The van der Waals surface area contributed by atoms with Crippen molar-refractivity contribution < 1.29 is 48.5 Å². The van der Waals surface area contributed by atoms with E-state index in [1.807, 2.05) is 0 Å². The van der Waals surface area contributed by atoms with Crippen LogP contribution in [0.2, 0.25) is 0 Å². The molecule has 0 saturated heterocycles. The molecule has 81 heavy (non-hydrogen) atoms. The molecular weight excluding hydrogens is 1030 g/mol. The number of hydrogen-bond acceptors (Lipinski definition) is 15. The number of hydrogen-bond donors (Lipinski definition) is 9. The second-order valence-corrected chi connectivity index (χ2v) is 18.0. The van der Waals surface area contributed by atoms with E-state index in [4.69, 9.17) is 9.47 Å². The van der Waals surface area contributed by atoms with E-state index in [2.05, 4.69) is 70.8 Å². The molecule has 8 aromatic carbocycles. The molecule has 408 valence electrons. The van der Waals surface area contributed by atoms with Gasteiger partial charge in [0.05, 0.1) is 35.6 Å². The Hall–Kier alpha value is -11.2. The summed E-state index contributed by atoms with van der Waals surface area (Å²) in [6.07, 6.45) is 0. The molecule has 21 nitrogen and oxygen atoms in total. The fourth-order valence-electron chi connectivity index (χ4n) is 7.75. The standard InChI is InChI=1S/C60H53N11O10/c1-35(2)57(76)80-29-27-61-59(78)66-45-15-9-13-43(33-45)64-55(74)49-31-37-11-5-7-17-47(37)51(53(49)72)70-68-41-23-19-39(20-24-41)63-40-21-25-42(26-22-40)69-71-52-48-18-8-6-12-38(48)32-50(54(52)73)56(75)65-44-14-10-16-46(34-44)67-60(79)62-28-30-81-58(77)36(3)4/h5-26,31-34,63,72-73H,1,3,27-30H2,2,4H3,(H,64,74)(H,65,75)(H2,61,66,78)(H2,62,67,79). The van der Waals surface area contributed by atoms with Gasteiger partial charge in [-0.2, -0.15) is 10.2 Å². The third-order valence-electron chi connectivity index (χ3n) is 11.7. The highest BCUT2D eigenvalue weighted by atomic mass is 16.5. The molecule has 21 heteroatoms. The lowest BCUT2D eigenvalue weighted by molar-refractivity contribution is -0.139. The number of benzene rings is 8. The Morgan fingerprint density at radius 1 is 0.444 bits per heavy atom. The number of ether oxygens (including phenoxy) is 2. The Morgan fingerprint density at radius 3 is 1.20 bits per heavy atom. The van der Waals surface area contributed by atoms with Gasteiger partial charge in [0, 0.05) is 56.0 Å². The number of esters is 2. The van der Waals surface area contributed by atoms with Gasteiger partial charge in [-0.3, -0.25) is 9.59 Å². The molecule has 0 bridgehead atoms. The molecule has 9 N–H and O–H groups in total. The molecule has 0 atom stereocenters. The summed E-state index contributed by atoms with van der Waals surface area (Å²) in [6.45, 7) is 10.1. The zero-order chi connectivity index (χ0) is 57.4. The molecule has 0 saturated carbocycles. The maximum atomic E-state index is 13.7. The zero-order valence-corrected chi connectivity index (χ0v) is 43.7. The van der Waals surface area contributed by atoms with Crippen molar-refractivity contribution in [3.63, 3.8) is 0 Å². The van der Waals surface area contributed by atoms with Gasteiger partial charge in [-0.25, -0.2) is 19.2 Å². The number of urea groups is 2. The smallest absolute Gasteiger partial charge is 0.333 e. The van der Waals surface area contributed by atoms with Crippen LogP contribution < -0.4 is 37.2 Å². The number of anilines is 6. The highest BCUT2D eigenvalue weighted by Crippen LogP contribution is 2.41. The minimum absolute atomic E-state index is 0.0430. The molecule has 0 unspecified atom stereocenters. The predicted octanol–water partition coefficient (Wildman–Crippen LogP) is 13.0. The van der Waals surface area contributed by atoms with Crippen LogP contribution in [0.1, 0.15) is 34.6 Å². The Bertz CT molecular complexity index is 3560. The number of nitrogens with zero attached hydrogens (tertiary/aromatic N) is 4. The number of phenols is 2. The van der Waals surface area contributed by atoms with Gasteiger partial charge >= 0.3 is 24.0 Å². The average molecular weight is 1090 g/mol. The summed E-state index contributed by atoms with van der Waals surface area (Å²) in [4.78, 5) is 75.4. The maximum Gasteiger partial charge on any atom is 0.333 e. The number of phenolic OH excluding ortho intramolecular Hbond substituents is 2. The van der Waals surface area contributed by atoms with Crippen molar-refractivity contribution >= 4 is 114 Å². The van der Waals surface area contributed by atoms with Gasteiger partial charge in [-0.15, -0.1) is 10.2 Å². The van der Waals surface area contributed by atoms with Crippen LogP contribution in [0.3, 0.4) is 0 Å². The predicted molar refractivity (Wildman–Crippen MR) is 310 cm³/mol. The van der Waals surface area contributed by atoms with Crippen LogP contribution in [0, 0.1) is 0 Å². The summed E-state index contributed by atoms with van der Waals surface area (Å²) in [5.74, 6) is -3.18. The first-order valence-corrected chi connectivity index (χ1v) is 25.0. The van der Waals surface area contributed by atoms with E-state index in [0.29, 0.717) is 67.0 Å². The lowest BCUT2D eigenvalue weighted by atomic mass is 10.0. The van der Waals surface area contributed by atoms with Gasteiger partial charge in [0.15, 0.2) is 11.5 Å². The number of azo groups is 2. The second-order valence-electron chi connectivity index (χ2n) is 18.0. The van der Waals surface area contributed by atoms with E-state index in [1.54, 1.807) is 146 Å². The van der Waals surface area contributed by atoms with Crippen LogP contribution in [-0.2, 0) is 19.1 Å². The molecule has 0 spiro atoms. The summed E-state index contributed by atoms with van der Waals surface area (Å²) < 4.78 is 9.96. The summed E-state index contributed by atoms with van der Waals surface area (Å²) in [7, 11) is 0. The van der Waals surface area contributed by atoms with Crippen LogP contribution in [-0.4, -0.2) is 72.3 Å². The summed E-state index contributed by atoms with van der Waals surface area (Å²) in [5, 5.41) is 62.2. The first kappa shape index (κ1) is 56.0. The monoisotopic (exact) mass is 1090 g/mol. The van der Waals surface area contributed by atoms with Gasteiger partial charge in [0.2, 0.25) is 0 Å². The van der Waals surface area contributed by atoms with Crippen molar-refractivity contribution in [3.05, 3.63) is 193 Å². The Labute approximate surface area is 463 Å². The van der Waals surface area contributed by atoms with Crippen LogP contribution in [0.5, 0.6) is 11.5 Å². The molecule has 8 rings (SSSR count). The first-order chi connectivity index (χ1) is 39.1. The number of fused-ring (bicyclic) bond motifs is 2. The molecule has 0 radical (unpaired) electrons. The van der Waals surface area contributed by atoms with Crippen molar-refractivity contribution in [1.29, 1.82) is 0 Å². The maximum absolute atomic E-state index is 13.7. The SMILES string of the molecule is C=C(C)C(=O)OCCNC(=O)Nc1cccc(NC(=O)c2cc3ccccc3c(N=Nc3ccc(Nc4ccc(N=Nc5c(O)c(C(=O)Nc6cccc(NC(=O)NCCOC(=O)C(=C)C)c6)cc6ccccc56)cc4)cc3)c2O)c1. The zero-order valence-electron chi connectivity index (χ0n) is 43.7. The van der Waals surface area contributed by atoms with Crippen molar-refractivity contribution in [2.24, 2.45) is 20.5 Å². The van der Waals surface area contributed by atoms with Crippen molar-refractivity contribution in [1.82, 2.24) is 10.6 Å². The molecular formula is C60H53N11O10. The summed E-state index contributed by atoms with van der Waals surface area (Å²) >= 11 is 0. The van der Waals surface area contributed by atoms with E-state index in [1.165, 1.54) is 26.0 Å². The number of aromatic hydroxyl groups is 2. The van der Waals surface area contributed by atoms with Gasteiger partial charge in [-0.1, -0.05) is 73.8 Å². The summed E-state index contributed by atoms with van der Waals surface area (Å²) in [5.41, 5.74) is 4.26. The molecule has 0 aromatic heterocycles. The topological polar surface area (TPSA) is 295 Å². The quantitative estimate of drug-likeness (QED) is 0.0150. The van der Waals surface area contributed by atoms with Crippen molar-refractivity contribution in [3.8, 4) is 11.5 Å². The number of carbonyl (C=O) groups excluding carboxylic acids is 6. The van der Waals surface area contributed by atoms with Crippen LogP contribution in [0.15, 0.2) is 202 Å². The van der Waals surface area contributed by atoms with Crippen LogP contribution in [0.25, 0.3) is 21.5 Å². The van der Waals surface area contributed by atoms with E-state index in [0.717, 1.165) is 0 Å². The first-order valence-electron chi connectivity index (χ1n) is 25.0. The molecule has 0 aliphatic carbocycles. The van der Waals surface area contributed by atoms with Gasteiger partial charge < -0.3 is 56.9 Å². The number of nitrogens with one attached hydrogen (secondary N) is 7. The highest BCUT2D eigenvalue weighted by molar-refractivity contribution is 6.13. The van der Waals surface area contributed by atoms with Gasteiger partial charge in [-0.05, 0) is 122 Å². The van der Waals surface area contributed by atoms with E-state index in [-0.39, 0.29) is 60.0 Å². The normalized spacial score (nSPS) is 10.9. The lowest BCUT2D eigenvalue weighted by Gasteiger charge is -2.12. The fourth-order valence-corrected chi connectivity index (χ4v) is 7.75. The molecule has 0 aliphatic rings. The van der Waals surface area contributed by atoms with E-state index >= 15 is 0 Å². The average Bonchev–Trinajstić information content (AvgIpc) is 3.59.